The van der Waals surface area contributed by atoms with Crippen molar-refractivity contribution in [3.8, 4) is 11.5 Å². The molecule has 30 heavy (non-hydrogen) atoms. The van der Waals surface area contributed by atoms with Crippen LogP contribution in [0, 0.1) is 0 Å². The average molecular weight is 433 g/mol. The summed E-state index contributed by atoms with van der Waals surface area (Å²) >= 11 is 1.63. The van der Waals surface area contributed by atoms with E-state index in [0.717, 1.165) is 16.9 Å². The molecule has 0 saturated heterocycles. The van der Waals surface area contributed by atoms with E-state index in [1.165, 1.54) is 0 Å². The van der Waals surface area contributed by atoms with Gasteiger partial charge < -0.3 is 19.3 Å². The van der Waals surface area contributed by atoms with Crippen LogP contribution >= 0.6 is 11.3 Å². The van der Waals surface area contributed by atoms with E-state index in [1.807, 2.05) is 54.5 Å². The largest absolute Gasteiger partial charge is 0.493 e. The van der Waals surface area contributed by atoms with Crippen molar-refractivity contribution in [1.29, 1.82) is 0 Å². The maximum atomic E-state index is 13.1. The molecule has 0 aliphatic heterocycles. The third-order valence-electron chi connectivity index (χ3n) is 4.87. The molecule has 1 heterocycles. The van der Waals surface area contributed by atoms with Crippen LogP contribution in [0.4, 0.5) is 0 Å². The summed E-state index contributed by atoms with van der Waals surface area (Å²) in [7, 11) is 3.22. The van der Waals surface area contributed by atoms with E-state index in [4.69, 9.17) is 9.47 Å². The minimum atomic E-state index is -0.0286. The molecule has 1 aromatic carbocycles. The van der Waals surface area contributed by atoms with E-state index in [2.05, 4.69) is 0 Å². The van der Waals surface area contributed by atoms with E-state index in [0.29, 0.717) is 44.0 Å². The van der Waals surface area contributed by atoms with Gasteiger partial charge >= 0.3 is 0 Å². The molecular formula is C23H32N2O4S. The van der Waals surface area contributed by atoms with Gasteiger partial charge in [-0.1, -0.05) is 26.0 Å². The molecule has 0 saturated carbocycles. The molecule has 0 bridgehead atoms. The zero-order valence-corrected chi connectivity index (χ0v) is 19.2. The fourth-order valence-corrected chi connectivity index (χ4v) is 3.95. The molecule has 0 radical (unpaired) electrons. The highest BCUT2D eigenvalue weighted by molar-refractivity contribution is 7.09. The van der Waals surface area contributed by atoms with Crippen LogP contribution in [0.1, 0.15) is 37.1 Å². The van der Waals surface area contributed by atoms with Gasteiger partial charge in [0.05, 0.1) is 27.3 Å². The first-order valence-electron chi connectivity index (χ1n) is 10.3. The first-order chi connectivity index (χ1) is 14.5. The van der Waals surface area contributed by atoms with Gasteiger partial charge in [-0.3, -0.25) is 9.59 Å². The third-order valence-corrected chi connectivity index (χ3v) is 5.73. The summed E-state index contributed by atoms with van der Waals surface area (Å²) in [4.78, 5) is 30.0. The number of ether oxygens (including phenoxy) is 2. The average Bonchev–Trinajstić information content (AvgIpc) is 3.28. The fraction of sp³-hybridized carbons (Fsp3) is 0.478. The minimum absolute atomic E-state index is 0.0150. The second-order valence-electron chi connectivity index (χ2n) is 7.00. The molecule has 0 atom stereocenters. The van der Waals surface area contributed by atoms with Crippen LogP contribution < -0.4 is 9.47 Å². The highest BCUT2D eigenvalue weighted by atomic mass is 32.1. The minimum Gasteiger partial charge on any atom is -0.493 e. The monoisotopic (exact) mass is 432 g/mol. The lowest BCUT2D eigenvalue weighted by molar-refractivity contribution is -0.140. The van der Waals surface area contributed by atoms with Crippen molar-refractivity contribution < 1.29 is 19.1 Å². The van der Waals surface area contributed by atoms with Crippen LogP contribution in [0.3, 0.4) is 0 Å². The molecular weight excluding hydrogens is 400 g/mol. The Balaban J connectivity index is 2.12. The van der Waals surface area contributed by atoms with Gasteiger partial charge in [-0.25, -0.2) is 0 Å². The molecule has 0 aliphatic rings. The number of hydrogen-bond donors (Lipinski definition) is 0. The lowest BCUT2D eigenvalue weighted by Gasteiger charge is -2.27. The number of benzene rings is 1. The number of hydrogen-bond acceptors (Lipinski definition) is 5. The number of carbonyl (C=O) groups excluding carboxylic acids is 2. The molecule has 2 amide bonds. The van der Waals surface area contributed by atoms with Crippen LogP contribution in [-0.2, 0) is 22.6 Å². The molecule has 2 rings (SSSR count). The number of amides is 2. The van der Waals surface area contributed by atoms with Crippen molar-refractivity contribution in [2.75, 3.05) is 33.9 Å². The Hall–Kier alpha value is -2.54. The van der Waals surface area contributed by atoms with Crippen LogP contribution in [0.5, 0.6) is 11.5 Å². The Bertz CT molecular complexity index is 808. The Morgan fingerprint density at radius 1 is 0.967 bits per heavy atom. The maximum absolute atomic E-state index is 13.1. The summed E-state index contributed by atoms with van der Waals surface area (Å²) in [6, 6.07) is 9.82. The molecule has 7 heteroatoms. The Labute approximate surface area is 183 Å². The Morgan fingerprint density at radius 3 is 2.33 bits per heavy atom. The Morgan fingerprint density at radius 2 is 1.73 bits per heavy atom. The number of rotatable bonds is 12. The predicted molar refractivity (Wildman–Crippen MR) is 120 cm³/mol. The van der Waals surface area contributed by atoms with Crippen molar-refractivity contribution in [1.82, 2.24) is 9.80 Å². The summed E-state index contributed by atoms with van der Waals surface area (Å²) in [6.07, 6.45) is 1.92. The van der Waals surface area contributed by atoms with Crippen molar-refractivity contribution in [3.05, 3.63) is 46.2 Å². The van der Waals surface area contributed by atoms with E-state index in [9.17, 15) is 9.59 Å². The second kappa shape index (κ2) is 12.2. The van der Waals surface area contributed by atoms with Gasteiger partial charge in [-0.05, 0) is 42.0 Å². The summed E-state index contributed by atoms with van der Waals surface area (Å²) in [5.41, 5.74) is 1.06. The van der Waals surface area contributed by atoms with E-state index >= 15 is 0 Å². The van der Waals surface area contributed by atoms with Crippen LogP contribution in [0.25, 0.3) is 0 Å². The van der Waals surface area contributed by atoms with Crippen molar-refractivity contribution in [3.63, 3.8) is 0 Å². The van der Waals surface area contributed by atoms with Crippen LogP contribution in [-0.4, -0.2) is 55.5 Å². The molecule has 164 valence electrons. The number of methoxy groups -OCH3 is 2. The molecule has 0 N–H and O–H groups in total. The summed E-state index contributed by atoms with van der Waals surface area (Å²) in [5, 5.41) is 2.01. The fourth-order valence-electron chi connectivity index (χ4n) is 3.23. The molecule has 0 fully saturated rings. The normalized spacial score (nSPS) is 10.5. The SMILES string of the molecule is CCCN(CC(=O)N(CCc1ccc(OC)c(OC)c1)Cc1cccs1)C(=O)CC. The zero-order valence-electron chi connectivity index (χ0n) is 18.3. The van der Waals surface area contributed by atoms with Crippen molar-refractivity contribution in [2.24, 2.45) is 0 Å². The Kier molecular flexibility index (Phi) is 9.67. The maximum Gasteiger partial charge on any atom is 0.242 e. The predicted octanol–water partition coefficient (Wildman–Crippen LogP) is 3.99. The van der Waals surface area contributed by atoms with Crippen LogP contribution in [0.15, 0.2) is 35.7 Å². The van der Waals surface area contributed by atoms with Gasteiger partial charge in [0.15, 0.2) is 11.5 Å². The number of thiophene rings is 1. The van der Waals surface area contributed by atoms with Gasteiger partial charge in [0.1, 0.15) is 0 Å². The van der Waals surface area contributed by atoms with E-state index < -0.39 is 0 Å². The van der Waals surface area contributed by atoms with Crippen molar-refractivity contribution in [2.45, 2.75) is 39.7 Å². The van der Waals surface area contributed by atoms with Gasteiger partial charge in [0.25, 0.3) is 0 Å². The van der Waals surface area contributed by atoms with E-state index in [-0.39, 0.29) is 18.4 Å². The molecule has 1 aromatic heterocycles. The standard InChI is InChI=1S/C23H32N2O4S/c1-5-12-24(22(26)6-2)17-23(27)25(16-19-8-7-14-30-19)13-11-18-9-10-20(28-3)21(15-18)29-4/h7-10,14-15H,5-6,11-13,16-17H2,1-4H3. The molecule has 0 aliphatic carbocycles. The third kappa shape index (κ3) is 6.76. The topological polar surface area (TPSA) is 59.1 Å². The second-order valence-corrected chi connectivity index (χ2v) is 8.04. The van der Waals surface area contributed by atoms with Gasteiger partial charge in [-0.15, -0.1) is 11.3 Å². The van der Waals surface area contributed by atoms with Crippen molar-refractivity contribution >= 4 is 23.2 Å². The summed E-state index contributed by atoms with van der Waals surface area (Å²) < 4.78 is 10.7. The molecule has 6 nitrogen and oxygen atoms in total. The summed E-state index contributed by atoms with van der Waals surface area (Å²) in [5.74, 6) is 1.34. The van der Waals surface area contributed by atoms with Gasteiger partial charge in [-0.2, -0.15) is 0 Å². The lowest BCUT2D eigenvalue weighted by Crippen LogP contribution is -2.43. The first kappa shape index (κ1) is 23.7. The highest BCUT2D eigenvalue weighted by Gasteiger charge is 2.20. The summed E-state index contributed by atoms with van der Waals surface area (Å²) in [6.45, 7) is 5.67. The van der Waals surface area contributed by atoms with Crippen LogP contribution in [0.2, 0.25) is 0 Å². The number of nitrogens with zero attached hydrogens (tertiary/aromatic N) is 2. The van der Waals surface area contributed by atoms with E-state index in [1.54, 1.807) is 30.5 Å². The number of carbonyl (C=O) groups is 2. The molecule has 0 spiro atoms. The zero-order chi connectivity index (χ0) is 21.9. The van der Waals surface area contributed by atoms with Gasteiger partial charge in [0, 0.05) is 24.4 Å². The van der Waals surface area contributed by atoms with Gasteiger partial charge in [0.2, 0.25) is 11.8 Å². The quantitative estimate of drug-likeness (QED) is 0.509. The smallest absolute Gasteiger partial charge is 0.242 e. The molecule has 0 unspecified atom stereocenters. The highest BCUT2D eigenvalue weighted by Crippen LogP contribution is 2.27. The molecule has 2 aromatic rings. The lowest BCUT2D eigenvalue weighted by atomic mass is 10.1. The first-order valence-corrected chi connectivity index (χ1v) is 11.2.